The number of rotatable bonds is 3. The molecular weight excluding hydrogens is 350 g/mol. The van der Waals surface area contributed by atoms with Crippen molar-refractivity contribution in [2.24, 2.45) is 0 Å². The fourth-order valence-corrected chi connectivity index (χ4v) is 3.88. The number of pyridine rings is 2. The highest BCUT2D eigenvalue weighted by molar-refractivity contribution is 5.96. The van der Waals surface area contributed by atoms with Crippen LogP contribution in [0.3, 0.4) is 0 Å². The molecular formula is C22H21N5O. The van der Waals surface area contributed by atoms with Crippen LogP contribution in [-0.4, -0.2) is 56.8 Å². The first-order valence-electron chi connectivity index (χ1n) is 9.55. The second-order valence-electron chi connectivity index (χ2n) is 7.20. The smallest absolute Gasteiger partial charge is 0.255 e. The maximum Gasteiger partial charge on any atom is 0.255 e. The first-order chi connectivity index (χ1) is 13.8. The molecule has 0 unspecified atom stereocenters. The van der Waals surface area contributed by atoms with Crippen LogP contribution in [0.5, 0.6) is 0 Å². The Morgan fingerprint density at radius 3 is 2.79 bits per heavy atom. The number of aromatic amines is 1. The summed E-state index contributed by atoms with van der Waals surface area (Å²) in [5, 5.41) is 1.17. The SMILES string of the molecule is O=C(c1cnc2cc[nH]c2c1)N1CCN(Cc2cccc3cccnc23)CC1. The van der Waals surface area contributed by atoms with Gasteiger partial charge in [0.1, 0.15) is 0 Å². The minimum atomic E-state index is 0.0514. The molecule has 0 spiro atoms. The highest BCUT2D eigenvalue weighted by Gasteiger charge is 2.23. The number of aromatic nitrogens is 3. The van der Waals surface area contributed by atoms with E-state index in [1.165, 1.54) is 10.9 Å². The molecule has 4 heterocycles. The zero-order valence-corrected chi connectivity index (χ0v) is 15.5. The van der Waals surface area contributed by atoms with Crippen LogP contribution in [0.2, 0.25) is 0 Å². The van der Waals surface area contributed by atoms with Crippen molar-refractivity contribution >= 4 is 27.8 Å². The van der Waals surface area contributed by atoms with Gasteiger partial charge in [-0.15, -0.1) is 0 Å². The number of carbonyl (C=O) groups is 1. The minimum absolute atomic E-state index is 0.0514. The zero-order valence-electron chi connectivity index (χ0n) is 15.5. The summed E-state index contributed by atoms with van der Waals surface area (Å²) < 4.78 is 0. The van der Waals surface area contributed by atoms with Gasteiger partial charge in [-0.25, -0.2) is 0 Å². The normalized spacial score (nSPS) is 15.4. The van der Waals surface area contributed by atoms with E-state index in [1.807, 2.05) is 35.5 Å². The molecule has 1 N–H and O–H groups in total. The van der Waals surface area contributed by atoms with Gasteiger partial charge in [-0.3, -0.25) is 19.7 Å². The maximum absolute atomic E-state index is 12.8. The van der Waals surface area contributed by atoms with Gasteiger partial charge < -0.3 is 9.88 Å². The van der Waals surface area contributed by atoms with Gasteiger partial charge in [-0.2, -0.15) is 0 Å². The zero-order chi connectivity index (χ0) is 18.9. The Bertz CT molecular complexity index is 1140. The lowest BCUT2D eigenvalue weighted by Crippen LogP contribution is -2.48. The van der Waals surface area contributed by atoms with Gasteiger partial charge in [-0.05, 0) is 23.8 Å². The van der Waals surface area contributed by atoms with Gasteiger partial charge in [0.2, 0.25) is 0 Å². The predicted octanol–water partition coefficient (Wildman–Crippen LogP) is 3.07. The van der Waals surface area contributed by atoms with Crippen molar-refractivity contribution in [2.75, 3.05) is 26.2 Å². The summed E-state index contributed by atoms with van der Waals surface area (Å²) in [6.07, 6.45) is 5.36. The monoisotopic (exact) mass is 371 g/mol. The summed E-state index contributed by atoms with van der Waals surface area (Å²) in [6, 6.07) is 14.2. The average molecular weight is 371 g/mol. The molecule has 1 aliphatic rings. The van der Waals surface area contributed by atoms with Gasteiger partial charge in [0.25, 0.3) is 5.91 Å². The lowest BCUT2D eigenvalue weighted by atomic mass is 10.1. The molecule has 1 aliphatic heterocycles. The maximum atomic E-state index is 12.8. The largest absolute Gasteiger partial charge is 0.360 e. The quantitative estimate of drug-likeness (QED) is 0.601. The standard InChI is InChI=1S/C22H21N5O/c28-22(18-13-20-19(25-14-18)6-8-23-20)27-11-9-26(10-12-27)15-17-4-1-3-16-5-2-7-24-21(16)17/h1-8,13-14,23H,9-12,15H2. The summed E-state index contributed by atoms with van der Waals surface area (Å²) in [6.45, 7) is 4.01. The van der Waals surface area contributed by atoms with Crippen molar-refractivity contribution in [1.82, 2.24) is 24.8 Å². The van der Waals surface area contributed by atoms with Crippen molar-refractivity contribution in [1.29, 1.82) is 0 Å². The molecule has 1 amide bonds. The molecule has 140 valence electrons. The van der Waals surface area contributed by atoms with E-state index in [1.54, 1.807) is 6.20 Å². The first-order valence-corrected chi connectivity index (χ1v) is 9.55. The van der Waals surface area contributed by atoms with Crippen LogP contribution >= 0.6 is 0 Å². The van der Waals surface area contributed by atoms with Crippen LogP contribution in [0.1, 0.15) is 15.9 Å². The summed E-state index contributed by atoms with van der Waals surface area (Å²) in [5.74, 6) is 0.0514. The number of nitrogens with one attached hydrogen (secondary N) is 1. The summed E-state index contributed by atoms with van der Waals surface area (Å²) in [7, 11) is 0. The lowest BCUT2D eigenvalue weighted by molar-refractivity contribution is 0.0628. The number of hydrogen-bond acceptors (Lipinski definition) is 4. The fraction of sp³-hybridized carbons (Fsp3) is 0.227. The van der Waals surface area contributed by atoms with E-state index in [9.17, 15) is 4.79 Å². The van der Waals surface area contributed by atoms with E-state index in [0.717, 1.165) is 49.3 Å². The van der Waals surface area contributed by atoms with Crippen LogP contribution in [-0.2, 0) is 6.54 Å². The van der Waals surface area contributed by atoms with Gasteiger partial charge in [0, 0.05) is 56.7 Å². The second-order valence-corrected chi connectivity index (χ2v) is 7.20. The molecule has 28 heavy (non-hydrogen) atoms. The number of nitrogens with zero attached hydrogens (tertiary/aromatic N) is 4. The Balaban J connectivity index is 1.26. The summed E-state index contributed by atoms with van der Waals surface area (Å²) in [5.41, 5.74) is 4.72. The molecule has 5 rings (SSSR count). The van der Waals surface area contributed by atoms with E-state index in [0.29, 0.717) is 5.56 Å². The third kappa shape index (κ3) is 3.12. The highest BCUT2D eigenvalue weighted by Crippen LogP contribution is 2.19. The van der Waals surface area contributed by atoms with E-state index >= 15 is 0 Å². The number of carbonyl (C=O) groups excluding carboxylic acids is 1. The number of benzene rings is 1. The van der Waals surface area contributed by atoms with E-state index < -0.39 is 0 Å². The van der Waals surface area contributed by atoms with Crippen molar-refractivity contribution in [3.63, 3.8) is 0 Å². The molecule has 1 saturated heterocycles. The third-order valence-electron chi connectivity index (χ3n) is 5.42. The Morgan fingerprint density at radius 2 is 1.89 bits per heavy atom. The van der Waals surface area contributed by atoms with Crippen LogP contribution < -0.4 is 0 Å². The molecule has 0 aliphatic carbocycles. The van der Waals surface area contributed by atoms with Crippen LogP contribution in [0.4, 0.5) is 0 Å². The van der Waals surface area contributed by atoms with Crippen LogP contribution in [0.25, 0.3) is 21.9 Å². The molecule has 1 fully saturated rings. The van der Waals surface area contributed by atoms with E-state index in [-0.39, 0.29) is 5.91 Å². The Morgan fingerprint density at radius 1 is 1.04 bits per heavy atom. The molecule has 1 aromatic carbocycles. The van der Waals surface area contributed by atoms with Gasteiger partial charge >= 0.3 is 0 Å². The first kappa shape index (κ1) is 16.9. The number of para-hydroxylation sites is 1. The second kappa shape index (κ2) is 7.05. The minimum Gasteiger partial charge on any atom is -0.360 e. The van der Waals surface area contributed by atoms with Gasteiger partial charge in [0.15, 0.2) is 0 Å². The summed E-state index contributed by atoms with van der Waals surface area (Å²) >= 11 is 0. The van der Waals surface area contributed by atoms with Crippen molar-refractivity contribution < 1.29 is 4.79 Å². The van der Waals surface area contributed by atoms with Crippen LogP contribution in [0.15, 0.2) is 61.1 Å². The lowest BCUT2D eigenvalue weighted by Gasteiger charge is -2.34. The van der Waals surface area contributed by atoms with E-state index in [4.69, 9.17) is 0 Å². The van der Waals surface area contributed by atoms with Crippen LogP contribution in [0, 0.1) is 0 Å². The third-order valence-corrected chi connectivity index (χ3v) is 5.42. The van der Waals surface area contributed by atoms with E-state index in [2.05, 4.69) is 44.1 Å². The Kier molecular flexibility index (Phi) is 4.25. The molecule has 0 bridgehead atoms. The highest BCUT2D eigenvalue weighted by atomic mass is 16.2. The number of amides is 1. The number of H-pyrrole nitrogens is 1. The Labute approximate surface area is 162 Å². The molecule has 0 saturated carbocycles. The van der Waals surface area contributed by atoms with Gasteiger partial charge in [0.05, 0.1) is 22.1 Å². The predicted molar refractivity (Wildman–Crippen MR) is 109 cm³/mol. The molecule has 0 atom stereocenters. The molecule has 6 heteroatoms. The number of piperazine rings is 1. The summed E-state index contributed by atoms with van der Waals surface area (Å²) in [4.78, 5) is 29.2. The fourth-order valence-electron chi connectivity index (χ4n) is 3.88. The average Bonchev–Trinajstić information content (AvgIpc) is 3.22. The number of hydrogen-bond donors (Lipinski definition) is 1. The molecule has 4 aromatic rings. The topological polar surface area (TPSA) is 65.1 Å². The van der Waals surface area contributed by atoms with Crippen molar-refractivity contribution in [3.8, 4) is 0 Å². The molecule has 3 aromatic heterocycles. The van der Waals surface area contributed by atoms with Crippen molar-refractivity contribution in [3.05, 3.63) is 72.2 Å². The van der Waals surface area contributed by atoms with Crippen molar-refractivity contribution in [2.45, 2.75) is 6.54 Å². The molecule has 6 nitrogen and oxygen atoms in total. The van der Waals surface area contributed by atoms with Gasteiger partial charge in [-0.1, -0.05) is 24.3 Å². The molecule has 0 radical (unpaired) electrons. The Hall–Kier alpha value is -3.25. The number of fused-ring (bicyclic) bond motifs is 2.